The van der Waals surface area contributed by atoms with E-state index in [0.717, 1.165) is 35.7 Å². The SMILES string of the molecule is c1ccc(Cc2ccc3c(c2Cc2ccccc2)Nc2ccccc2O3)cc1. The second-order valence-electron chi connectivity index (χ2n) is 7.12. The molecule has 0 atom stereocenters. The van der Waals surface area contributed by atoms with Crippen LogP contribution in [0.2, 0.25) is 0 Å². The molecule has 0 aromatic heterocycles. The predicted molar refractivity (Wildman–Crippen MR) is 115 cm³/mol. The Kier molecular flexibility index (Phi) is 4.30. The first-order chi connectivity index (χ1) is 13.9. The molecule has 0 amide bonds. The van der Waals surface area contributed by atoms with Crippen LogP contribution >= 0.6 is 0 Å². The molecule has 2 heteroatoms. The largest absolute Gasteiger partial charge is 0.453 e. The fourth-order valence-corrected chi connectivity index (χ4v) is 3.79. The van der Waals surface area contributed by atoms with Gasteiger partial charge in [0.1, 0.15) is 0 Å². The maximum Gasteiger partial charge on any atom is 0.151 e. The Balaban J connectivity index is 1.60. The Labute approximate surface area is 165 Å². The van der Waals surface area contributed by atoms with Crippen molar-refractivity contribution in [1.82, 2.24) is 0 Å². The number of hydrogen-bond donors (Lipinski definition) is 1. The van der Waals surface area contributed by atoms with Crippen LogP contribution in [0.5, 0.6) is 11.5 Å². The van der Waals surface area contributed by atoms with Gasteiger partial charge >= 0.3 is 0 Å². The van der Waals surface area contributed by atoms with E-state index in [2.05, 4.69) is 84.2 Å². The lowest BCUT2D eigenvalue weighted by Gasteiger charge is -2.26. The van der Waals surface area contributed by atoms with Crippen LogP contribution in [0, 0.1) is 0 Å². The molecule has 136 valence electrons. The third kappa shape index (κ3) is 3.25. The summed E-state index contributed by atoms with van der Waals surface area (Å²) in [5, 5.41) is 3.63. The minimum absolute atomic E-state index is 0.866. The number of anilines is 2. The standard InChI is InChI=1S/C26H21NO/c1-3-9-19(10-4-1)17-21-15-16-25-26(22(21)18-20-11-5-2-6-12-20)27-23-13-7-8-14-24(23)28-25/h1-16,27H,17-18H2. The molecule has 0 bridgehead atoms. The molecule has 1 heterocycles. The van der Waals surface area contributed by atoms with E-state index in [1.165, 1.54) is 22.3 Å². The molecule has 4 aromatic carbocycles. The summed E-state index contributed by atoms with van der Waals surface area (Å²) in [6, 6.07) is 33.7. The lowest BCUT2D eigenvalue weighted by molar-refractivity contribution is 0.480. The van der Waals surface area contributed by atoms with E-state index in [9.17, 15) is 0 Å². The fourth-order valence-electron chi connectivity index (χ4n) is 3.79. The highest BCUT2D eigenvalue weighted by molar-refractivity contribution is 5.79. The van der Waals surface area contributed by atoms with E-state index >= 15 is 0 Å². The van der Waals surface area contributed by atoms with E-state index in [0.29, 0.717) is 0 Å². The molecule has 0 aliphatic carbocycles. The van der Waals surface area contributed by atoms with Crippen molar-refractivity contribution in [2.45, 2.75) is 12.8 Å². The molecule has 5 rings (SSSR count). The Hall–Kier alpha value is -3.52. The molecular weight excluding hydrogens is 342 g/mol. The highest BCUT2D eigenvalue weighted by Crippen LogP contribution is 2.45. The minimum atomic E-state index is 0.866. The molecule has 0 saturated carbocycles. The van der Waals surface area contributed by atoms with Crippen LogP contribution in [-0.2, 0) is 12.8 Å². The van der Waals surface area contributed by atoms with Gasteiger partial charge < -0.3 is 10.1 Å². The summed E-state index contributed by atoms with van der Waals surface area (Å²) >= 11 is 0. The van der Waals surface area contributed by atoms with Crippen LogP contribution in [-0.4, -0.2) is 0 Å². The van der Waals surface area contributed by atoms with Crippen LogP contribution in [0.4, 0.5) is 11.4 Å². The molecule has 2 nitrogen and oxygen atoms in total. The summed E-state index contributed by atoms with van der Waals surface area (Å²) in [5.41, 5.74) is 7.32. The van der Waals surface area contributed by atoms with Gasteiger partial charge in [0.25, 0.3) is 0 Å². The van der Waals surface area contributed by atoms with Crippen molar-refractivity contribution < 1.29 is 4.74 Å². The van der Waals surface area contributed by atoms with Crippen molar-refractivity contribution in [3.63, 3.8) is 0 Å². The number of fused-ring (bicyclic) bond motifs is 2. The van der Waals surface area contributed by atoms with Gasteiger partial charge in [0.05, 0.1) is 11.4 Å². The zero-order valence-electron chi connectivity index (χ0n) is 15.6. The Bertz CT molecular complexity index is 1100. The first-order valence-corrected chi connectivity index (χ1v) is 9.63. The Morgan fingerprint density at radius 3 is 1.96 bits per heavy atom. The molecule has 0 fully saturated rings. The lowest BCUT2D eigenvalue weighted by atomic mass is 9.92. The van der Waals surface area contributed by atoms with Gasteiger partial charge in [-0.05, 0) is 53.3 Å². The molecule has 1 aliphatic heterocycles. The van der Waals surface area contributed by atoms with Crippen molar-refractivity contribution in [2.24, 2.45) is 0 Å². The summed E-state index contributed by atoms with van der Waals surface area (Å²) < 4.78 is 6.20. The first kappa shape index (κ1) is 16.6. The fraction of sp³-hybridized carbons (Fsp3) is 0.0769. The molecule has 0 spiro atoms. The number of nitrogens with one attached hydrogen (secondary N) is 1. The Morgan fingerprint density at radius 1 is 0.571 bits per heavy atom. The van der Waals surface area contributed by atoms with Gasteiger partial charge in [-0.25, -0.2) is 0 Å². The summed E-state index contributed by atoms with van der Waals surface area (Å²) in [6.07, 6.45) is 1.77. The molecular formula is C26H21NO. The number of hydrogen-bond acceptors (Lipinski definition) is 2. The number of para-hydroxylation sites is 2. The summed E-state index contributed by atoms with van der Waals surface area (Å²) in [5.74, 6) is 1.76. The average molecular weight is 363 g/mol. The van der Waals surface area contributed by atoms with Crippen LogP contribution in [0.1, 0.15) is 22.3 Å². The summed E-state index contributed by atoms with van der Waals surface area (Å²) in [7, 11) is 0. The zero-order valence-corrected chi connectivity index (χ0v) is 15.6. The number of ether oxygens (including phenoxy) is 1. The van der Waals surface area contributed by atoms with E-state index in [1.54, 1.807) is 0 Å². The molecule has 28 heavy (non-hydrogen) atoms. The van der Waals surface area contributed by atoms with Crippen molar-refractivity contribution in [2.75, 3.05) is 5.32 Å². The van der Waals surface area contributed by atoms with Crippen molar-refractivity contribution in [3.05, 3.63) is 119 Å². The van der Waals surface area contributed by atoms with E-state index in [-0.39, 0.29) is 0 Å². The van der Waals surface area contributed by atoms with E-state index in [1.807, 2.05) is 18.2 Å². The average Bonchev–Trinajstić information content (AvgIpc) is 2.76. The normalized spacial score (nSPS) is 11.7. The van der Waals surface area contributed by atoms with Gasteiger partial charge in [-0.15, -0.1) is 0 Å². The number of rotatable bonds is 4. The molecule has 0 saturated heterocycles. The van der Waals surface area contributed by atoms with Gasteiger partial charge in [-0.1, -0.05) is 78.9 Å². The van der Waals surface area contributed by atoms with Crippen molar-refractivity contribution >= 4 is 11.4 Å². The van der Waals surface area contributed by atoms with E-state index < -0.39 is 0 Å². The van der Waals surface area contributed by atoms with Gasteiger partial charge in [-0.2, -0.15) is 0 Å². The van der Waals surface area contributed by atoms with Crippen LogP contribution in [0.3, 0.4) is 0 Å². The van der Waals surface area contributed by atoms with Crippen LogP contribution in [0.25, 0.3) is 0 Å². The molecule has 1 N–H and O–H groups in total. The highest BCUT2D eigenvalue weighted by atomic mass is 16.5. The topological polar surface area (TPSA) is 21.3 Å². The zero-order chi connectivity index (χ0) is 18.8. The quantitative estimate of drug-likeness (QED) is 0.383. The highest BCUT2D eigenvalue weighted by Gasteiger charge is 2.21. The second kappa shape index (κ2) is 7.24. The van der Waals surface area contributed by atoms with Crippen LogP contribution in [0.15, 0.2) is 97.1 Å². The second-order valence-corrected chi connectivity index (χ2v) is 7.12. The van der Waals surface area contributed by atoms with Gasteiger partial charge in [-0.3, -0.25) is 0 Å². The number of benzene rings is 4. The van der Waals surface area contributed by atoms with Gasteiger partial charge in [0, 0.05) is 0 Å². The predicted octanol–water partition coefficient (Wildman–Crippen LogP) is 6.72. The maximum atomic E-state index is 6.20. The lowest BCUT2D eigenvalue weighted by Crippen LogP contribution is -2.09. The third-order valence-corrected chi connectivity index (χ3v) is 5.20. The molecule has 4 aromatic rings. The molecule has 1 aliphatic rings. The Morgan fingerprint density at radius 2 is 1.21 bits per heavy atom. The smallest absolute Gasteiger partial charge is 0.151 e. The van der Waals surface area contributed by atoms with Gasteiger partial charge in [0.2, 0.25) is 0 Å². The summed E-state index contributed by atoms with van der Waals surface area (Å²) in [6.45, 7) is 0. The minimum Gasteiger partial charge on any atom is -0.453 e. The third-order valence-electron chi connectivity index (χ3n) is 5.20. The van der Waals surface area contributed by atoms with Gasteiger partial charge in [0.15, 0.2) is 11.5 Å². The maximum absolute atomic E-state index is 6.20. The first-order valence-electron chi connectivity index (χ1n) is 9.63. The van der Waals surface area contributed by atoms with Crippen molar-refractivity contribution in [3.8, 4) is 11.5 Å². The van der Waals surface area contributed by atoms with Crippen molar-refractivity contribution in [1.29, 1.82) is 0 Å². The van der Waals surface area contributed by atoms with Crippen LogP contribution < -0.4 is 10.1 Å². The van der Waals surface area contributed by atoms with E-state index in [4.69, 9.17) is 4.74 Å². The monoisotopic (exact) mass is 363 g/mol. The molecule has 0 radical (unpaired) electrons. The molecule has 0 unspecified atom stereocenters. The summed E-state index contributed by atoms with van der Waals surface area (Å²) in [4.78, 5) is 0.